The highest BCUT2D eigenvalue weighted by molar-refractivity contribution is 6.12. The van der Waals surface area contributed by atoms with Crippen LogP contribution in [0.2, 0.25) is 0 Å². The lowest BCUT2D eigenvalue weighted by atomic mass is 9.94. The fraction of sp³-hybridized carbons (Fsp3) is 0.351. The number of amides is 1. The smallest absolute Gasteiger partial charge is 0.308 e. The van der Waals surface area contributed by atoms with Crippen molar-refractivity contribution in [3.8, 4) is 22.4 Å². The molecular weight excluding hydrogens is 571 g/mol. The molecule has 1 saturated heterocycles. The lowest BCUT2D eigenvalue weighted by molar-refractivity contribution is -0.300. The molecule has 1 amide bonds. The summed E-state index contributed by atoms with van der Waals surface area (Å²) in [6.45, 7) is 8.37. The molecular formula is C37H41FN2O5. The predicted octanol–water partition coefficient (Wildman–Crippen LogP) is 8.20. The quantitative estimate of drug-likeness (QED) is 0.183. The first-order chi connectivity index (χ1) is 21.6. The number of benzene rings is 3. The van der Waals surface area contributed by atoms with Crippen LogP contribution in [0.4, 0.5) is 10.1 Å². The molecule has 8 heteroatoms. The molecule has 4 aromatic rings. The molecule has 5 rings (SSSR count). The zero-order valence-corrected chi connectivity index (χ0v) is 26.5. The van der Waals surface area contributed by atoms with Gasteiger partial charge in [0.2, 0.25) is 0 Å². The van der Waals surface area contributed by atoms with Crippen molar-refractivity contribution in [1.82, 2.24) is 4.57 Å². The van der Waals surface area contributed by atoms with Crippen LogP contribution in [0.25, 0.3) is 22.4 Å². The topological polar surface area (TPSA) is 78.8 Å². The maximum Gasteiger partial charge on any atom is 0.308 e. The average molecular weight is 613 g/mol. The van der Waals surface area contributed by atoms with E-state index in [1.165, 1.54) is 19.2 Å². The summed E-state index contributed by atoms with van der Waals surface area (Å²) in [5.74, 6) is -1.79. The van der Waals surface area contributed by atoms with E-state index in [-0.39, 0.29) is 42.2 Å². The second-order valence-corrected chi connectivity index (χ2v) is 12.2. The number of halogens is 1. The van der Waals surface area contributed by atoms with Crippen LogP contribution in [0.5, 0.6) is 0 Å². The SMILES string of the molecule is COC(=O)C[C@H]1C[C@@H](CCn2c(-c3ccc(F)cc3)c(-c3ccccc3)c(C(=O)Nc3ccccc3)c2C(C)C)OC(C)(C)O1. The van der Waals surface area contributed by atoms with Crippen LogP contribution in [-0.4, -0.2) is 41.5 Å². The summed E-state index contributed by atoms with van der Waals surface area (Å²) >= 11 is 0. The van der Waals surface area contributed by atoms with Crippen LogP contribution < -0.4 is 5.32 Å². The van der Waals surface area contributed by atoms with Crippen LogP contribution >= 0.6 is 0 Å². The molecule has 1 aromatic heterocycles. The number of nitrogens with zero attached hydrogens (tertiary/aromatic N) is 1. The number of para-hydroxylation sites is 1. The summed E-state index contributed by atoms with van der Waals surface area (Å²) in [4.78, 5) is 26.4. The standard InChI is InChI=1S/C37H41FN2O5/c1-24(2)34-33(36(42)39-28-14-10-7-11-15-28)32(25-12-8-6-9-13-25)35(26-16-18-27(38)19-17-26)40(34)21-20-29-22-30(23-31(41)43-5)45-37(3,4)44-29/h6-19,24,29-30H,20-23H2,1-5H3,(H,39,42)/t29-,30-/m1/s1. The van der Waals surface area contributed by atoms with E-state index in [4.69, 9.17) is 14.2 Å². The third-order valence-corrected chi connectivity index (χ3v) is 8.01. The number of rotatable bonds is 10. The number of hydrogen-bond acceptors (Lipinski definition) is 5. The summed E-state index contributed by atoms with van der Waals surface area (Å²) in [5.41, 5.74) is 5.46. The van der Waals surface area contributed by atoms with Crippen molar-refractivity contribution in [3.63, 3.8) is 0 Å². The maximum absolute atomic E-state index is 14.3. The van der Waals surface area contributed by atoms with E-state index in [0.29, 0.717) is 30.6 Å². The first-order valence-corrected chi connectivity index (χ1v) is 15.4. The first kappa shape index (κ1) is 32.1. The number of carbonyl (C=O) groups is 2. The molecule has 1 aliphatic rings. The third-order valence-electron chi connectivity index (χ3n) is 8.01. The number of carbonyl (C=O) groups excluding carboxylic acids is 2. The van der Waals surface area contributed by atoms with E-state index in [1.807, 2.05) is 74.5 Å². The Kier molecular flexibility index (Phi) is 9.85. The molecule has 45 heavy (non-hydrogen) atoms. The molecule has 0 spiro atoms. The normalized spacial score (nSPS) is 17.7. The minimum atomic E-state index is -0.880. The second-order valence-electron chi connectivity index (χ2n) is 12.2. The van der Waals surface area contributed by atoms with Gasteiger partial charge in [-0.05, 0) is 73.7 Å². The molecule has 0 bridgehead atoms. The molecule has 0 saturated carbocycles. The molecule has 1 fully saturated rings. The van der Waals surface area contributed by atoms with E-state index in [9.17, 15) is 14.0 Å². The Balaban J connectivity index is 1.64. The van der Waals surface area contributed by atoms with Crippen molar-refractivity contribution in [2.75, 3.05) is 12.4 Å². The fourth-order valence-electron chi connectivity index (χ4n) is 6.27. The molecule has 2 atom stereocenters. The summed E-state index contributed by atoms with van der Waals surface area (Å²) in [7, 11) is 1.37. The van der Waals surface area contributed by atoms with Gasteiger partial charge in [-0.2, -0.15) is 0 Å². The number of nitrogens with one attached hydrogen (secondary N) is 1. The van der Waals surface area contributed by atoms with Gasteiger partial charge in [-0.25, -0.2) is 4.39 Å². The highest BCUT2D eigenvalue weighted by atomic mass is 19.1. The van der Waals surface area contributed by atoms with Crippen molar-refractivity contribution < 1.29 is 28.2 Å². The lowest BCUT2D eigenvalue weighted by Crippen LogP contribution is -2.45. The Bertz CT molecular complexity index is 1610. The van der Waals surface area contributed by atoms with Gasteiger partial charge in [0.15, 0.2) is 5.79 Å². The largest absolute Gasteiger partial charge is 0.469 e. The van der Waals surface area contributed by atoms with Gasteiger partial charge in [-0.1, -0.05) is 62.4 Å². The van der Waals surface area contributed by atoms with Crippen molar-refractivity contribution in [3.05, 3.63) is 102 Å². The van der Waals surface area contributed by atoms with Crippen LogP contribution in [0.3, 0.4) is 0 Å². The Morgan fingerprint density at radius 3 is 2.18 bits per heavy atom. The van der Waals surface area contributed by atoms with Crippen molar-refractivity contribution in [1.29, 1.82) is 0 Å². The number of hydrogen-bond donors (Lipinski definition) is 1. The van der Waals surface area contributed by atoms with E-state index >= 15 is 0 Å². The van der Waals surface area contributed by atoms with Gasteiger partial charge >= 0.3 is 5.97 Å². The van der Waals surface area contributed by atoms with Gasteiger partial charge in [0.1, 0.15) is 5.82 Å². The maximum atomic E-state index is 14.3. The summed E-state index contributed by atoms with van der Waals surface area (Å²) in [6.07, 6.45) is 0.706. The zero-order valence-electron chi connectivity index (χ0n) is 26.5. The predicted molar refractivity (Wildman–Crippen MR) is 173 cm³/mol. The highest BCUT2D eigenvalue weighted by Crippen LogP contribution is 2.43. The minimum Gasteiger partial charge on any atom is -0.469 e. The monoisotopic (exact) mass is 612 g/mol. The lowest BCUT2D eigenvalue weighted by Gasteiger charge is -2.40. The fourth-order valence-corrected chi connectivity index (χ4v) is 6.27. The van der Waals surface area contributed by atoms with Gasteiger partial charge in [0, 0.05) is 29.9 Å². The van der Waals surface area contributed by atoms with E-state index in [0.717, 1.165) is 28.1 Å². The molecule has 7 nitrogen and oxygen atoms in total. The first-order valence-electron chi connectivity index (χ1n) is 15.4. The summed E-state index contributed by atoms with van der Waals surface area (Å²) in [5, 5.41) is 3.11. The van der Waals surface area contributed by atoms with Gasteiger partial charge in [0.25, 0.3) is 5.91 Å². The number of esters is 1. The van der Waals surface area contributed by atoms with Crippen LogP contribution in [0.15, 0.2) is 84.9 Å². The molecule has 3 aromatic carbocycles. The Labute approximate surface area is 264 Å². The average Bonchev–Trinajstić information content (AvgIpc) is 3.36. The summed E-state index contributed by atoms with van der Waals surface area (Å²) < 4.78 is 33.7. The van der Waals surface area contributed by atoms with Crippen LogP contribution in [-0.2, 0) is 25.5 Å². The van der Waals surface area contributed by atoms with Crippen molar-refractivity contribution in [2.45, 2.75) is 77.4 Å². The van der Waals surface area contributed by atoms with Crippen LogP contribution in [0, 0.1) is 5.82 Å². The Morgan fingerprint density at radius 2 is 1.56 bits per heavy atom. The molecule has 1 aliphatic heterocycles. The molecule has 2 heterocycles. The van der Waals surface area contributed by atoms with E-state index < -0.39 is 5.79 Å². The molecule has 0 radical (unpaired) electrons. The number of ether oxygens (including phenoxy) is 3. The molecule has 0 aliphatic carbocycles. The molecule has 236 valence electrons. The zero-order chi connectivity index (χ0) is 32.1. The molecule has 0 unspecified atom stereocenters. The van der Waals surface area contributed by atoms with Crippen LogP contribution in [0.1, 0.15) is 68.9 Å². The van der Waals surface area contributed by atoms with E-state index in [2.05, 4.69) is 23.7 Å². The van der Waals surface area contributed by atoms with E-state index in [1.54, 1.807) is 12.1 Å². The Morgan fingerprint density at radius 1 is 0.933 bits per heavy atom. The van der Waals surface area contributed by atoms with Crippen molar-refractivity contribution >= 4 is 17.6 Å². The number of anilines is 1. The Hall–Kier alpha value is -4.27. The van der Waals surface area contributed by atoms with Gasteiger partial charge < -0.3 is 24.1 Å². The third kappa shape index (κ3) is 7.52. The highest BCUT2D eigenvalue weighted by Gasteiger charge is 2.37. The number of aromatic nitrogens is 1. The van der Waals surface area contributed by atoms with Gasteiger partial charge in [0.05, 0.1) is 37.0 Å². The molecule has 1 N–H and O–H groups in total. The second kappa shape index (κ2) is 13.8. The van der Waals surface area contributed by atoms with Gasteiger partial charge in [-0.15, -0.1) is 0 Å². The van der Waals surface area contributed by atoms with Gasteiger partial charge in [-0.3, -0.25) is 9.59 Å². The minimum absolute atomic E-state index is 0.0303. The number of methoxy groups -OCH3 is 1. The van der Waals surface area contributed by atoms with Crippen molar-refractivity contribution in [2.24, 2.45) is 0 Å². The summed E-state index contributed by atoms with van der Waals surface area (Å²) in [6, 6.07) is 25.7.